The first kappa shape index (κ1) is 17.1. The molecule has 0 atom stereocenters. The number of nitro benzene ring substituents is 1. The van der Waals surface area contributed by atoms with Crippen molar-refractivity contribution in [2.24, 2.45) is 0 Å². The van der Waals surface area contributed by atoms with E-state index in [9.17, 15) is 24.8 Å². The van der Waals surface area contributed by atoms with Crippen LogP contribution in [0, 0.1) is 17.0 Å². The number of benzene rings is 1. The molecule has 1 N–H and O–H groups in total. The number of para-hydroxylation sites is 1. The number of aromatic nitrogens is 2. The van der Waals surface area contributed by atoms with E-state index in [0.29, 0.717) is 0 Å². The molecule has 9 heteroatoms. The van der Waals surface area contributed by atoms with Gasteiger partial charge in [0.25, 0.3) is 11.2 Å². The molecule has 0 amide bonds. The van der Waals surface area contributed by atoms with Gasteiger partial charge in [-0.1, -0.05) is 18.2 Å². The van der Waals surface area contributed by atoms with Gasteiger partial charge in [0.15, 0.2) is 11.3 Å². The molecule has 2 rings (SSSR count). The molecule has 2 aromatic rings. The van der Waals surface area contributed by atoms with Gasteiger partial charge in [-0.3, -0.25) is 14.9 Å². The minimum atomic E-state index is -0.971. The van der Waals surface area contributed by atoms with Crippen LogP contribution in [-0.2, 0) is 11.3 Å². The van der Waals surface area contributed by atoms with Crippen molar-refractivity contribution in [2.75, 3.05) is 6.61 Å². The van der Waals surface area contributed by atoms with E-state index in [1.165, 1.54) is 25.1 Å². The number of aromatic hydroxyl groups is 1. The summed E-state index contributed by atoms with van der Waals surface area (Å²) in [4.78, 5) is 34.8. The van der Waals surface area contributed by atoms with Crippen molar-refractivity contribution in [3.05, 3.63) is 61.6 Å². The minimum absolute atomic E-state index is 0.0310. The Kier molecular flexibility index (Phi) is 4.93. The van der Waals surface area contributed by atoms with E-state index in [0.717, 1.165) is 4.68 Å². The van der Waals surface area contributed by atoms with E-state index in [4.69, 9.17) is 4.74 Å². The van der Waals surface area contributed by atoms with E-state index in [2.05, 4.69) is 5.10 Å². The summed E-state index contributed by atoms with van der Waals surface area (Å²) >= 11 is 0. The van der Waals surface area contributed by atoms with Crippen LogP contribution in [-0.4, -0.2) is 32.4 Å². The summed E-state index contributed by atoms with van der Waals surface area (Å²) in [5, 5.41) is 24.9. The average molecular weight is 333 g/mol. The van der Waals surface area contributed by atoms with Crippen LogP contribution in [0.5, 0.6) is 5.75 Å². The fourth-order valence-corrected chi connectivity index (χ4v) is 2.16. The Labute approximate surface area is 136 Å². The zero-order chi connectivity index (χ0) is 17.9. The molecule has 0 unspecified atom stereocenters. The number of rotatable bonds is 5. The third-order valence-electron chi connectivity index (χ3n) is 3.29. The molecule has 0 saturated carbocycles. The van der Waals surface area contributed by atoms with Gasteiger partial charge in [-0.25, -0.2) is 9.48 Å². The highest BCUT2D eigenvalue weighted by molar-refractivity contribution is 5.92. The van der Waals surface area contributed by atoms with Gasteiger partial charge in [-0.15, -0.1) is 0 Å². The third-order valence-corrected chi connectivity index (χ3v) is 3.29. The molecule has 24 heavy (non-hydrogen) atoms. The molecule has 1 aromatic heterocycles. The monoisotopic (exact) mass is 333 g/mol. The molecule has 0 spiro atoms. The standard InChI is InChI=1S/C15H15N3O6/c1-3-24-15(21)12-13(19)9(2)16-17(14(12)20)8-10-6-4-5-7-11(10)18(22)23/h4-7,19H,3,8H2,1-2H3. The Hall–Kier alpha value is -3.23. The largest absolute Gasteiger partial charge is 0.505 e. The Morgan fingerprint density at radius 2 is 2.08 bits per heavy atom. The number of hydrogen-bond acceptors (Lipinski definition) is 7. The summed E-state index contributed by atoms with van der Waals surface area (Å²) in [5.74, 6) is -1.53. The minimum Gasteiger partial charge on any atom is -0.505 e. The quantitative estimate of drug-likeness (QED) is 0.498. The normalized spacial score (nSPS) is 10.4. The first-order valence-corrected chi connectivity index (χ1v) is 7.06. The zero-order valence-corrected chi connectivity index (χ0v) is 13.1. The topological polar surface area (TPSA) is 125 Å². The molecular weight excluding hydrogens is 318 g/mol. The second-order valence-electron chi connectivity index (χ2n) is 4.88. The van der Waals surface area contributed by atoms with E-state index in [-0.39, 0.29) is 30.1 Å². The average Bonchev–Trinajstić information content (AvgIpc) is 2.53. The number of hydrogen-bond donors (Lipinski definition) is 1. The molecule has 0 aliphatic heterocycles. The SMILES string of the molecule is CCOC(=O)c1c(O)c(C)nn(Cc2ccccc2[N+](=O)[O-])c1=O. The van der Waals surface area contributed by atoms with Crippen LogP contribution in [0.15, 0.2) is 29.1 Å². The Balaban J connectivity index is 2.55. The Bertz CT molecular complexity index is 859. The molecular formula is C15H15N3O6. The molecule has 1 aromatic carbocycles. The van der Waals surface area contributed by atoms with Crippen molar-refractivity contribution in [1.82, 2.24) is 9.78 Å². The number of nitrogens with zero attached hydrogens (tertiary/aromatic N) is 3. The van der Waals surface area contributed by atoms with Crippen LogP contribution in [0.1, 0.15) is 28.5 Å². The molecule has 0 aliphatic rings. The summed E-state index contributed by atoms with van der Waals surface area (Å²) < 4.78 is 5.66. The lowest BCUT2D eigenvalue weighted by Crippen LogP contribution is -2.31. The maximum atomic E-state index is 12.4. The lowest BCUT2D eigenvalue weighted by molar-refractivity contribution is -0.385. The number of aryl methyl sites for hydroxylation is 1. The first-order chi connectivity index (χ1) is 11.4. The van der Waals surface area contributed by atoms with E-state index < -0.39 is 27.8 Å². The highest BCUT2D eigenvalue weighted by atomic mass is 16.6. The molecule has 1 heterocycles. The number of nitro groups is 1. The van der Waals surface area contributed by atoms with Gasteiger partial charge in [-0.05, 0) is 13.8 Å². The third kappa shape index (κ3) is 3.24. The fraction of sp³-hybridized carbons (Fsp3) is 0.267. The zero-order valence-electron chi connectivity index (χ0n) is 13.1. The predicted octanol–water partition coefficient (Wildman–Crippen LogP) is 1.39. The highest BCUT2D eigenvalue weighted by Crippen LogP contribution is 2.20. The van der Waals surface area contributed by atoms with Crippen LogP contribution in [0.4, 0.5) is 5.69 Å². The van der Waals surface area contributed by atoms with Crippen LogP contribution in [0.3, 0.4) is 0 Å². The van der Waals surface area contributed by atoms with Gasteiger partial charge in [0.05, 0.1) is 23.6 Å². The summed E-state index contributed by atoms with van der Waals surface area (Å²) in [6.07, 6.45) is 0. The number of esters is 1. The molecule has 0 fully saturated rings. The second-order valence-corrected chi connectivity index (χ2v) is 4.88. The summed E-state index contributed by atoms with van der Waals surface area (Å²) in [6, 6.07) is 5.88. The summed E-state index contributed by atoms with van der Waals surface area (Å²) in [6.45, 7) is 2.79. The van der Waals surface area contributed by atoms with Gasteiger partial charge < -0.3 is 9.84 Å². The van der Waals surface area contributed by atoms with Crippen molar-refractivity contribution >= 4 is 11.7 Å². The van der Waals surface area contributed by atoms with E-state index in [1.807, 2.05) is 0 Å². The molecule has 0 radical (unpaired) electrons. The van der Waals surface area contributed by atoms with Crippen LogP contribution in [0.25, 0.3) is 0 Å². The maximum Gasteiger partial charge on any atom is 0.347 e. The van der Waals surface area contributed by atoms with Gasteiger partial charge >= 0.3 is 5.97 Å². The molecule has 9 nitrogen and oxygen atoms in total. The lowest BCUT2D eigenvalue weighted by atomic mass is 10.1. The predicted molar refractivity (Wildman–Crippen MR) is 83.1 cm³/mol. The van der Waals surface area contributed by atoms with Gasteiger partial charge in [0.2, 0.25) is 0 Å². The van der Waals surface area contributed by atoms with E-state index in [1.54, 1.807) is 13.0 Å². The second kappa shape index (κ2) is 6.90. The van der Waals surface area contributed by atoms with Crippen molar-refractivity contribution < 1.29 is 19.6 Å². The van der Waals surface area contributed by atoms with Crippen LogP contribution in [0.2, 0.25) is 0 Å². The van der Waals surface area contributed by atoms with Crippen molar-refractivity contribution in [1.29, 1.82) is 0 Å². The van der Waals surface area contributed by atoms with Gasteiger partial charge in [0, 0.05) is 6.07 Å². The lowest BCUT2D eigenvalue weighted by Gasteiger charge is -2.11. The molecule has 0 bridgehead atoms. The first-order valence-electron chi connectivity index (χ1n) is 7.06. The molecule has 0 aliphatic carbocycles. The van der Waals surface area contributed by atoms with Gasteiger partial charge in [0.1, 0.15) is 5.69 Å². The van der Waals surface area contributed by atoms with Crippen molar-refractivity contribution in [3.8, 4) is 5.75 Å². The smallest absolute Gasteiger partial charge is 0.347 e. The van der Waals surface area contributed by atoms with E-state index >= 15 is 0 Å². The van der Waals surface area contributed by atoms with Crippen molar-refractivity contribution in [2.45, 2.75) is 20.4 Å². The Morgan fingerprint density at radius 3 is 2.71 bits per heavy atom. The van der Waals surface area contributed by atoms with Gasteiger partial charge in [-0.2, -0.15) is 5.10 Å². The number of ether oxygens (including phenoxy) is 1. The molecule has 0 saturated heterocycles. The van der Waals surface area contributed by atoms with Crippen LogP contribution < -0.4 is 5.56 Å². The van der Waals surface area contributed by atoms with Crippen LogP contribution >= 0.6 is 0 Å². The highest BCUT2D eigenvalue weighted by Gasteiger charge is 2.23. The summed E-state index contributed by atoms with van der Waals surface area (Å²) in [5.41, 5.74) is -1.31. The summed E-state index contributed by atoms with van der Waals surface area (Å²) in [7, 11) is 0. The van der Waals surface area contributed by atoms with Crippen molar-refractivity contribution in [3.63, 3.8) is 0 Å². The molecule has 126 valence electrons. The maximum absolute atomic E-state index is 12.4. The number of carbonyl (C=O) groups is 1. The number of carbonyl (C=O) groups excluding carboxylic acids is 1. The fourth-order valence-electron chi connectivity index (χ4n) is 2.16. The Morgan fingerprint density at radius 1 is 1.42 bits per heavy atom.